The average Bonchev–Trinajstić information content (AvgIpc) is 2.82. The molecule has 0 amide bonds. The lowest BCUT2D eigenvalue weighted by molar-refractivity contribution is 0.102. The number of phenols is 1. The molecule has 0 aliphatic heterocycles. The Morgan fingerprint density at radius 3 is 2.78 bits per heavy atom. The number of hydrogen-bond acceptors (Lipinski definition) is 5. The number of carbonyl (C=O) groups is 1. The summed E-state index contributed by atoms with van der Waals surface area (Å²) in [7, 11) is 1.48. The quantitative estimate of drug-likeness (QED) is 0.876. The molecule has 1 aromatic carbocycles. The number of aromatic nitrogens is 1. The van der Waals surface area contributed by atoms with Crippen molar-refractivity contribution in [1.29, 1.82) is 0 Å². The molecular formula is C12H10BrNO3S. The zero-order valence-electron chi connectivity index (χ0n) is 9.73. The van der Waals surface area contributed by atoms with Gasteiger partial charge >= 0.3 is 0 Å². The van der Waals surface area contributed by atoms with Crippen LogP contribution in [0.25, 0.3) is 10.6 Å². The van der Waals surface area contributed by atoms with Crippen LogP contribution in [0.2, 0.25) is 0 Å². The van der Waals surface area contributed by atoms with Gasteiger partial charge < -0.3 is 9.84 Å². The molecule has 18 heavy (non-hydrogen) atoms. The molecule has 1 aromatic heterocycles. The van der Waals surface area contributed by atoms with E-state index in [2.05, 4.69) is 20.9 Å². The van der Waals surface area contributed by atoms with Crippen molar-refractivity contribution in [3.8, 4) is 22.1 Å². The third-order valence-corrected chi connectivity index (χ3v) is 4.10. The zero-order chi connectivity index (χ0) is 13.3. The molecule has 0 atom stereocenters. The van der Waals surface area contributed by atoms with Crippen LogP contribution in [0.1, 0.15) is 16.6 Å². The lowest BCUT2D eigenvalue weighted by atomic mass is 10.2. The maximum Gasteiger partial charge on any atom is 0.172 e. The lowest BCUT2D eigenvalue weighted by Crippen LogP contribution is -1.86. The highest BCUT2D eigenvalue weighted by Gasteiger charge is 2.13. The van der Waals surface area contributed by atoms with Crippen LogP contribution in [-0.2, 0) is 0 Å². The van der Waals surface area contributed by atoms with Gasteiger partial charge in [-0.25, -0.2) is 4.98 Å². The SMILES string of the molecule is COc1cc(-c2ncc(C(C)=O)s2)cc(Br)c1O. The molecular weight excluding hydrogens is 318 g/mol. The molecule has 0 saturated heterocycles. The fourth-order valence-electron chi connectivity index (χ4n) is 1.42. The molecule has 0 radical (unpaired) electrons. The molecule has 0 bridgehead atoms. The summed E-state index contributed by atoms with van der Waals surface area (Å²) in [5, 5.41) is 10.4. The van der Waals surface area contributed by atoms with Gasteiger partial charge in [0.2, 0.25) is 0 Å². The fourth-order valence-corrected chi connectivity index (χ4v) is 2.66. The number of ketones is 1. The molecule has 1 heterocycles. The lowest BCUT2D eigenvalue weighted by Gasteiger charge is -2.07. The van der Waals surface area contributed by atoms with Crippen LogP contribution in [0.15, 0.2) is 22.8 Å². The Hall–Kier alpha value is -1.40. The van der Waals surface area contributed by atoms with Crippen molar-refractivity contribution in [1.82, 2.24) is 4.98 Å². The van der Waals surface area contributed by atoms with Gasteiger partial charge in [-0.05, 0) is 28.1 Å². The number of rotatable bonds is 3. The Kier molecular flexibility index (Phi) is 3.68. The van der Waals surface area contributed by atoms with E-state index in [1.807, 2.05) is 0 Å². The van der Waals surface area contributed by atoms with Crippen LogP contribution >= 0.6 is 27.3 Å². The molecule has 1 N–H and O–H groups in total. The van der Waals surface area contributed by atoms with Gasteiger partial charge in [-0.2, -0.15) is 0 Å². The van der Waals surface area contributed by atoms with E-state index in [-0.39, 0.29) is 11.5 Å². The van der Waals surface area contributed by atoms with Crippen molar-refractivity contribution in [3.63, 3.8) is 0 Å². The van der Waals surface area contributed by atoms with E-state index in [0.29, 0.717) is 20.1 Å². The standard InChI is InChI=1S/C12H10BrNO3S/c1-6(15)10-5-14-12(18-10)7-3-8(13)11(16)9(4-7)17-2/h3-5,16H,1-2H3. The summed E-state index contributed by atoms with van der Waals surface area (Å²) in [6.45, 7) is 1.50. The summed E-state index contributed by atoms with van der Waals surface area (Å²) < 4.78 is 5.60. The molecule has 0 aliphatic rings. The number of Topliss-reactive ketones (excluding diaryl/α,β-unsaturated/α-hetero) is 1. The van der Waals surface area contributed by atoms with Gasteiger partial charge in [0.05, 0.1) is 16.5 Å². The normalized spacial score (nSPS) is 10.4. The summed E-state index contributed by atoms with van der Waals surface area (Å²) in [4.78, 5) is 16.0. The highest BCUT2D eigenvalue weighted by atomic mass is 79.9. The average molecular weight is 328 g/mol. The summed E-state index contributed by atoms with van der Waals surface area (Å²) >= 11 is 4.56. The van der Waals surface area contributed by atoms with E-state index in [9.17, 15) is 9.90 Å². The number of thiazole rings is 1. The van der Waals surface area contributed by atoms with Gasteiger partial charge in [0.15, 0.2) is 17.3 Å². The molecule has 0 fully saturated rings. The first-order valence-electron chi connectivity index (χ1n) is 5.06. The first kappa shape index (κ1) is 13.0. The van der Waals surface area contributed by atoms with Crippen molar-refractivity contribution < 1.29 is 14.6 Å². The smallest absolute Gasteiger partial charge is 0.172 e. The minimum atomic E-state index is -0.0106. The highest BCUT2D eigenvalue weighted by molar-refractivity contribution is 9.10. The Morgan fingerprint density at radius 2 is 2.22 bits per heavy atom. The van der Waals surface area contributed by atoms with Crippen LogP contribution in [0.5, 0.6) is 11.5 Å². The number of benzene rings is 1. The second kappa shape index (κ2) is 5.07. The maximum atomic E-state index is 11.2. The van der Waals surface area contributed by atoms with Crippen molar-refractivity contribution in [2.75, 3.05) is 7.11 Å². The topological polar surface area (TPSA) is 59.4 Å². The predicted molar refractivity (Wildman–Crippen MR) is 73.5 cm³/mol. The minimum absolute atomic E-state index is 0.0106. The largest absolute Gasteiger partial charge is 0.503 e. The number of aromatic hydroxyl groups is 1. The van der Waals surface area contributed by atoms with Gasteiger partial charge in [0, 0.05) is 18.7 Å². The molecule has 0 saturated carbocycles. The number of hydrogen-bond donors (Lipinski definition) is 1. The minimum Gasteiger partial charge on any atom is -0.503 e. The van der Waals surface area contributed by atoms with E-state index >= 15 is 0 Å². The number of ether oxygens (including phenoxy) is 1. The number of carbonyl (C=O) groups excluding carboxylic acids is 1. The Bertz CT molecular complexity index is 609. The second-order valence-electron chi connectivity index (χ2n) is 3.59. The van der Waals surface area contributed by atoms with Crippen LogP contribution in [0.4, 0.5) is 0 Å². The fraction of sp³-hybridized carbons (Fsp3) is 0.167. The molecule has 0 aliphatic carbocycles. The highest BCUT2D eigenvalue weighted by Crippen LogP contribution is 2.39. The first-order valence-corrected chi connectivity index (χ1v) is 6.67. The van der Waals surface area contributed by atoms with E-state index < -0.39 is 0 Å². The molecule has 0 unspecified atom stereocenters. The number of halogens is 1. The number of nitrogens with zero attached hydrogens (tertiary/aromatic N) is 1. The van der Waals surface area contributed by atoms with Crippen molar-refractivity contribution in [3.05, 3.63) is 27.7 Å². The van der Waals surface area contributed by atoms with Gasteiger partial charge in [-0.1, -0.05) is 0 Å². The van der Waals surface area contributed by atoms with Crippen molar-refractivity contribution in [2.24, 2.45) is 0 Å². The van der Waals surface area contributed by atoms with Crippen LogP contribution in [0.3, 0.4) is 0 Å². The van der Waals surface area contributed by atoms with Crippen LogP contribution < -0.4 is 4.74 Å². The Balaban J connectivity index is 2.50. The van der Waals surface area contributed by atoms with Gasteiger partial charge in [0.25, 0.3) is 0 Å². The third kappa shape index (κ3) is 2.39. The number of methoxy groups -OCH3 is 1. The van der Waals surface area contributed by atoms with Crippen molar-refractivity contribution >= 4 is 33.0 Å². The summed E-state index contributed by atoms with van der Waals surface area (Å²) in [5.74, 6) is 0.395. The van der Waals surface area contributed by atoms with E-state index in [1.54, 1.807) is 18.3 Å². The summed E-state index contributed by atoms with van der Waals surface area (Å²) in [6, 6.07) is 3.42. The van der Waals surface area contributed by atoms with Gasteiger partial charge in [-0.15, -0.1) is 11.3 Å². The van der Waals surface area contributed by atoms with Crippen molar-refractivity contribution in [2.45, 2.75) is 6.92 Å². The monoisotopic (exact) mass is 327 g/mol. The molecule has 2 rings (SSSR count). The Morgan fingerprint density at radius 1 is 1.50 bits per heavy atom. The Labute approximate surface area is 116 Å². The number of phenolic OH excluding ortho intramolecular Hbond substituents is 1. The van der Waals surface area contributed by atoms with Crippen LogP contribution in [0, 0.1) is 0 Å². The first-order chi connectivity index (χ1) is 8.52. The predicted octanol–water partition coefficient (Wildman–Crippen LogP) is 3.49. The summed E-state index contributed by atoms with van der Waals surface area (Å²) in [6.07, 6.45) is 1.55. The molecule has 94 valence electrons. The molecule has 4 nitrogen and oxygen atoms in total. The van der Waals surface area contributed by atoms with E-state index in [0.717, 1.165) is 5.56 Å². The van der Waals surface area contributed by atoms with Crippen LogP contribution in [-0.4, -0.2) is 23.0 Å². The van der Waals surface area contributed by atoms with E-state index in [1.165, 1.54) is 25.4 Å². The van der Waals surface area contributed by atoms with E-state index in [4.69, 9.17) is 4.74 Å². The second-order valence-corrected chi connectivity index (χ2v) is 5.48. The molecule has 2 aromatic rings. The summed E-state index contributed by atoms with van der Waals surface area (Å²) in [5.41, 5.74) is 0.786. The third-order valence-electron chi connectivity index (χ3n) is 2.35. The van der Waals surface area contributed by atoms with Gasteiger partial charge in [0.1, 0.15) is 5.01 Å². The van der Waals surface area contributed by atoms with Gasteiger partial charge in [-0.3, -0.25) is 4.79 Å². The maximum absolute atomic E-state index is 11.2. The molecule has 0 spiro atoms. The zero-order valence-corrected chi connectivity index (χ0v) is 12.1. The molecule has 6 heteroatoms.